The molecule has 0 unspecified atom stereocenters. The third kappa shape index (κ3) is 3.32. The van der Waals surface area contributed by atoms with E-state index in [1.165, 1.54) is 0 Å². The summed E-state index contributed by atoms with van der Waals surface area (Å²) in [6, 6.07) is 2.02. The Kier molecular flexibility index (Phi) is 4.91. The number of nitrogens with zero attached hydrogens (tertiary/aromatic N) is 4. The average molecular weight is 410 g/mol. The summed E-state index contributed by atoms with van der Waals surface area (Å²) in [5, 5.41) is 5.27. The van der Waals surface area contributed by atoms with Gasteiger partial charge in [-0.3, -0.25) is 9.40 Å². The van der Waals surface area contributed by atoms with Gasteiger partial charge in [0.25, 0.3) is 0 Å². The minimum atomic E-state index is 0.208. The van der Waals surface area contributed by atoms with Crippen LogP contribution in [0.1, 0.15) is 19.5 Å². The molecule has 2 heterocycles. The fraction of sp³-hybridized carbons (Fsp3) is 0.364. The molecule has 0 aliphatic heterocycles. The van der Waals surface area contributed by atoms with Gasteiger partial charge in [0, 0.05) is 42.2 Å². The first-order valence-corrected chi connectivity index (χ1v) is 9.36. The second kappa shape index (κ2) is 6.27. The number of anilines is 1. The molecule has 1 N–H and O–H groups in total. The Hall–Kier alpha value is -0.540. The first kappa shape index (κ1) is 14.9. The fourth-order valence-electron chi connectivity index (χ4n) is 1.57. The molecule has 102 valence electrons. The highest BCUT2D eigenvalue weighted by Crippen LogP contribution is 2.31. The van der Waals surface area contributed by atoms with Crippen molar-refractivity contribution < 1.29 is 0 Å². The van der Waals surface area contributed by atoms with E-state index in [4.69, 9.17) is 11.6 Å². The summed E-state index contributed by atoms with van der Waals surface area (Å²) >= 11 is 8.17. The van der Waals surface area contributed by atoms with Gasteiger partial charge in [-0.05, 0) is 30.5 Å². The Balaban J connectivity index is 2.49. The molecule has 0 saturated carbocycles. The number of nitrogens with one attached hydrogen (secondary N) is 1. The second-order valence-electron chi connectivity index (χ2n) is 4.36. The third-order valence-electron chi connectivity index (χ3n) is 2.38. The molecular formula is C11H13ClIN5S. The molecule has 0 fully saturated rings. The van der Waals surface area contributed by atoms with Crippen LogP contribution < -0.4 is 5.43 Å². The fourth-order valence-corrected chi connectivity index (χ4v) is 3.60. The van der Waals surface area contributed by atoms with Gasteiger partial charge in [0.2, 0.25) is 5.28 Å². The number of aromatic nitrogens is 3. The number of aryl methyl sites for hydroxylation is 1. The Morgan fingerprint density at radius 2 is 2.26 bits per heavy atom. The van der Waals surface area contributed by atoms with E-state index in [1.807, 2.05) is 23.2 Å². The summed E-state index contributed by atoms with van der Waals surface area (Å²) in [5.74, 6) is 0.996. The highest BCUT2D eigenvalue weighted by atomic mass is 127. The average Bonchev–Trinajstić information content (AvgIpc) is 2.64. The Morgan fingerprint density at radius 3 is 2.89 bits per heavy atom. The maximum Gasteiger partial charge on any atom is 0.226 e. The largest absolute Gasteiger partial charge is 0.263 e. The van der Waals surface area contributed by atoms with E-state index in [1.54, 1.807) is 9.12 Å². The summed E-state index contributed by atoms with van der Waals surface area (Å²) < 4.78 is 2.00. The van der Waals surface area contributed by atoms with E-state index in [-0.39, 0.29) is 5.28 Å². The van der Waals surface area contributed by atoms with Crippen molar-refractivity contribution in [2.75, 3.05) is 5.43 Å². The molecule has 19 heavy (non-hydrogen) atoms. The van der Waals surface area contributed by atoms with E-state index in [0.29, 0.717) is 11.7 Å². The lowest BCUT2D eigenvalue weighted by atomic mass is 10.3. The van der Waals surface area contributed by atoms with E-state index in [2.05, 4.69) is 55.5 Å². The monoisotopic (exact) mass is 409 g/mol. The van der Waals surface area contributed by atoms with Crippen molar-refractivity contribution in [2.24, 2.45) is 11.0 Å². The van der Waals surface area contributed by atoms with Gasteiger partial charge in [0.15, 0.2) is 11.5 Å². The third-order valence-corrected chi connectivity index (χ3v) is 4.33. The van der Waals surface area contributed by atoms with Crippen LogP contribution in [0.3, 0.4) is 0 Å². The molecule has 0 amide bonds. The summed E-state index contributed by atoms with van der Waals surface area (Å²) in [5.41, 5.74) is 4.81. The van der Waals surface area contributed by atoms with Gasteiger partial charge in [-0.25, -0.2) is 0 Å². The molecule has 0 atom stereocenters. The SMILES string of the molecule is Cc1cc2c(N/N=C/C(C)C)nc(Cl)nc2n1SI. The van der Waals surface area contributed by atoms with Crippen LogP contribution in [-0.4, -0.2) is 20.2 Å². The van der Waals surface area contributed by atoms with Crippen molar-refractivity contribution in [3.63, 3.8) is 0 Å². The lowest BCUT2D eigenvalue weighted by Gasteiger charge is -2.04. The van der Waals surface area contributed by atoms with Gasteiger partial charge >= 0.3 is 0 Å². The van der Waals surface area contributed by atoms with E-state index in [0.717, 1.165) is 16.7 Å². The topological polar surface area (TPSA) is 55.1 Å². The molecule has 0 aromatic carbocycles. The molecule has 0 aliphatic rings. The van der Waals surface area contributed by atoms with Crippen molar-refractivity contribution in [1.29, 1.82) is 0 Å². The second-order valence-corrected chi connectivity index (χ2v) is 6.38. The number of fused-ring (bicyclic) bond motifs is 1. The summed E-state index contributed by atoms with van der Waals surface area (Å²) in [6.07, 6.45) is 1.82. The number of hydrogen-bond donors (Lipinski definition) is 1. The first-order valence-electron chi connectivity index (χ1n) is 5.66. The standard InChI is InChI=1S/C11H13ClIN5S/c1-6(2)5-14-17-9-8-4-7(3)18(19-13)10(8)16-11(12)15-9/h4-6H,1-3H3,(H,15,16,17)/b14-5+. The highest BCUT2D eigenvalue weighted by Gasteiger charge is 2.13. The quantitative estimate of drug-likeness (QED) is 0.354. The highest BCUT2D eigenvalue weighted by molar-refractivity contribution is 14.2. The number of hydrazone groups is 1. The number of hydrogen-bond acceptors (Lipinski definition) is 5. The van der Waals surface area contributed by atoms with Gasteiger partial charge in [0.05, 0.1) is 5.39 Å². The predicted octanol–water partition coefficient (Wildman–Crippen LogP) is 4.29. The maximum atomic E-state index is 5.96. The van der Waals surface area contributed by atoms with Crippen molar-refractivity contribution in [1.82, 2.24) is 13.9 Å². The predicted molar refractivity (Wildman–Crippen MR) is 91.2 cm³/mol. The normalized spacial score (nSPS) is 11.9. The van der Waals surface area contributed by atoms with Gasteiger partial charge in [-0.15, -0.1) is 0 Å². The van der Waals surface area contributed by atoms with Crippen LogP contribution in [0.15, 0.2) is 11.2 Å². The molecule has 5 nitrogen and oxygen atoms in total. The zero-order valence-corrected chi connectivity index (χ0v) is 14.4. The maximum absolute atomic E-state index is 5.96. The van der Waals surface area contributed by atoms with Crippen molar-refractivity contribution in [3.05, 3.63) is 17.0 Å². The Bertz CT molecular complexity index is 625. The molecule has 0 radical (unpaired) electrons. The number of rotatable bonds is 4. The molecule has 2 aromatic heterocycles. The van der Waals surface area contributed by atoms with Crippen molar-refractivity contribution >= 4 is 65.0 Å². The molecule has 0 aliphatic carbocycles. The molecule has 0 saturated heterocycles. The Labute approximate surface area is 132 Å². The lowest BCUT2D eigenvalue weighted by Crippen LogP contribution is -1.98. The molecular weight excluding hydrogens is 397 g/mol. The zero-order chi connectivity index (χ0) is 14.0. The minimum absolute atomic E-state index is 0.208. The van der Waals surface area contributed by atoms with Crippen molar-refractivity contribution in [2.45, 2.75) is 20.8 Å². The van der Waals surface area contributed by atoms with Crippen molar-refractivity contribution in [3.8, 4) is 0 Å². The van der Waals surface area contributed by atoms with Crippen LogP contribution in [0, 0.1) is 12.8 Å². The zero-order valence-electron chi connectivity index (χ0n) is 10.7. The van der Waals surface area contributed by atoms with Crippen LogP contribution in [0.2, 0.25) is 5.28 Å². The number of halogens is 2. The minimum Gasteiger partial charge on any atom is -0.263 e. The molecule has 0 spiro atoms. The van der Waals surface area contributed by atoms with E-state index in [9.17, 15) is 0 Å². The van der Waals surface area contributed by atoms with Crippen LogP contribution in [0.4, 0.5) is 5.82 Å². The molecule has 2 rings (SSSR count). The molecule has 8 heteroatoms. The van der Waals surface area contributed by atoms with Crippen LogP contribution >= 0.6 is 41.9 Å². The van der Waals surface area contributed by atoms with Gasteiger partial charge < -0.3 is 0 Å². The summed E-state index contributed by atoms with van der Waals surface area (Å²) in [7, 11) is 1.55. The summed E-state index contributed by atoms with van der Waals surface area (Å²) in [4.78, 5) is 8.46. The molecule has 2 aromatic rings. The van der Waals surface area contributed by atoms with E-state index < -0.39 is 0 Å². The molecule has 0 bridgehead atoms. The Morgan fingerprint density at radius 1 is 1.53 bits per heavy atom. The van der Waals surface area contributed by atoms with Gasteiger partial charge in [-0.2, -0.15) is 15.1 Å². The first-order chi connectivity index (χ1) is 9.02. The van der Waals surface area contributed by atoms with Gasteiger partial charge in [-0.1, -0.05) is 13.8 Å². The lowest BCUT2D eigenvalue weighted by molar-refractivity contribution is 0.903. The van der Waals surface area contributed by atoms with E-state index >= 15 is 0 Å². The van der Waals surface area contributed by atoms with Crippen LogP contribution in [0.5, 0.6) is 0 Å². The smallest absolute Gasteiger partial charge is 0.226 e. The van der Waals surface area contributed by atoms with Crippen LogP contribution in [0.25, 0.3) is 11.0 Å². The summed E-state index contributed by atoms with van der Waals surface area (Å²) in [6.45, 7) is 6.13. The van der Waals surface area contributed by atoms with Gasteiger partial charge in [0.1, 0.15) is 0 Å². The van der Waals surface area contributed by atoms with Crippen LogP contribution in [-0.2, 0) is 0 Å².